The van der Waals surface area contributed by atoms with Crippen LogP contribution in [0.15, 0.2) is 29.1 Å². The summed E-state index contributed by atoms with van der Waals surface area (Å²) >= 11 is 0. The van der Waals surface area contributed by atoms with E-state index in [1.165, 1.54) is 12.8 Å². The smallest absolute Gasteiger partial charge is 0.252 e. The molecule has 0 saturated heterocycles. The molecular weight excluding hydrogens is 428 g/mol. The number of nitrogens with one attached hydrogen (secondary N) is 1. The van der Waals surface area contributed by atoms with Gasteiger partial charge < -0.3 is 9.72 Å². The minimum absolute atomic E-state index is 0.0367. The Labute approximate surface area is 201 Å². The zero-order chi connectivity index (χ0) is 24.3. The predicted octanol–water partition coefficient (Wildman–Crippen LogP) is 4.95. The molecule has 4 rings (SSSR count). The van der Waals surface area contributed by atoms with Gasteiger partial charge in [0.15, 0.2) is 5.82 Å². The van der Waals surface area contributed by atoms with E-state index in [9.17, 15) is 4.79 Å². The molecule has 0 amide bonds. The fraction of sp³-hybridized carbons (Fsp3) is 0.615. The molecule has 0 radical (unpaired) electrons. The van der Waals surface area contributed by atoms with Crippen molar-refractivity contribution in [2.45, 2.75) is 97.3 Å². The van der Waals surface area contributed by atoms with Crippen molar-refractivity contribution in [3.8, 4) is 5.75 Å². The van der Waals surface area contributed by atoms with Crippen LogP contribution in [0.1, 0.15) is 90.6 Å². The number of fused-ring (bicyclic) bond motifs is 1. The first kappa shape index (κ1) is 24.4. The number of H-pyrrole nitrogens is 1. The predicted molar refractivity (Wildman–Crippen MR) is 134 cm³/mol. The number of pyridine rings is 1. The Morgan fingerprint density at radius 2 is 1.97 bits per heavy atom. The molecule has 2 heterocycles. The summed E-state index contributed by atoms with van der Waals surface area (Å²) in [5.41, 5.74) is 1.34. The highest BCUT2D eigenvalue weighted by Gasteiger charge is 2.35. The van der Waals surface area contributed by atoms with E-state index in [0.717, 1.165) is 53.7 Å². The van der Waals surface area contributed by atoms with E-state index >= 15 is 0 Å². The molecule has 1 saturated carbocycles. The molecule has 8 nitrogen and oxygen atoms in total. The molecular formula is C26H38N6O2. The van der Waals surface area contributed by atoms with Crippen LogP contribution in [-0.2, 0) is 12.1 Å². The topological polar surface area (TPSA) is 88.9 Å². The standard InChI is InChI=1S/C26H38N6O2/c1-6-10-23(24-28-29-30-32(24)26(3,4)5)31(20-11-8-9-12-20)17-19-15-18-16-21(34-7-2)13-14-22(18)27-25(19)33/h13-16,20,23H,6-12,17H2,1-5H3,(H,27,33). The van der Waals surface area contributed by atoms with E-state index < -0.39 is 0 Å². The maximum atomic E-state index is 13.1. The molecule has 0 aliphatic heterocycles. The van der Waals surface area contributed by atoms with Gasteiger partial charge in [-0.1, -0.05) is 26.2 Å². The first-order chi connectivity index (χ1) is 16.3. The van der Waals surface area contributed by atoms with E-state index in [1.807, 2.05) is 35.9 Å². The number of tetrazole rings is 1. The first-order valence-electron chi connectivity index (χ1n) is 12.6. The van der Waals surface area contributed by atoms with Crippen molar-refractivity contribution in [3.63, 3.8) is 0 Å². The maximum Gasteiger partial charge on any atom is 0.252 e. The third-order valence-electron chi connectivity index (χ3n) is 6.74. The third-order valence-corrected chi connectivity index (χ3v) is 6.74. The summed E-state index contributed by atoms with van der Waals surface area (Å²) in [5, 5.41) is 13.9. The Bertz CT molecular complexity index is 1160. The number of hydrogen-bond donors (Lipinski definition) is 1. The van der Waals surface area contributed by atoms with Crippen LogP contribution in [0, 0.1) is 0 Å². The number of aromatic nitrogens is 5. The van der Waals surface area contributed by atoms with Crippen LogP contribution >= 0.6 is 0 Å². The van der Waals surface area contributed by atoms with Crippen LogP contribution in [0.5, 0.6) is 5.75 Å². The Kier molecular flexibility index (Phi) is 7.36. The van der Waals surface area contributed by atoms with Crippen molar-refractivity contribution in [2.24, 2.45) is 0 Å². The summed E-state index contributed by atoms with van der Waals surface area (Å²) in [4.78, 5) is 18.7. The molecule has 1 fully saturated rings. The average Bonchev–Trinajstić information content (AvgIpc) is 3.49. The number of rotatable bonds is 9. The summed E-state index contributed by atoms with van der Waals surface area (Å²) < 4.78 is 7.64. The van der Waals surface area contributed by atoms with Crippen LogP contribution in [0.2, 0.25) is 0 Å². The van der Waals surface area contributed by atoms with Crippen molar-refractivity contribution < 1.29 is 4.74 Å². The summed E-state index contributed by atoms with van der Waals surface area (Å²) in [6, 6.07) is 8.29. The van der Waals surface area contributed by atoms with Gasteiger partial charge in [-0.2, -0.15) is 0 Å². The van der Waals surface area contributed by atoms with Gasteiger partial charge in [0, 0.05) is 29.1 Å². The van der Waals surface area contributed by atoms with Crippen LogP contribution < -0.4 is 10.3 Å². The lowest BCUT2D eigenvalue weighted by Crippen LogP contribution is -2.40. The minimum Gasteiger partial charge on any atom is -0.494 e. The molecule has 1 aromatic carbocycles. The highest BCUT2D eigenvalue weighted by atomic mass is 16.5. The molecule has 34 heavy (non-hydrogen) atoms. The number of aromatic amines is 1. The van der Waals surface area contributed by atoms with Gasteiger partial charge in [0.05, 0.1) is 18.2 Å². The SMILES string of the molecule is CCCC(c1nnnn1C(C)(C)C)N(Cc1cc2cc(OCC)ccc2[nH]c1=O)C1CCCC1. The molecule has 3 aromatic rings. The second-order valence-electron chi connectivity index (χ2n) is 10.3. The molecule has 0 spiro atoms. The Morgan fingerprint density at radius 1 is 1.21 bits per heavy atom. The van der Waals surface area contributed by atoms with Crippen molar-refractivity contribution in [3.05, 3.63) is 46.0 Å². The van der Waals surface area contributed by atoms with E-state index in [1.54, 1.807) is 0 Å². The van der Waals surface area contributed by atoms with Gasteiger partial charge in [-0.3, -0.25) is 9.69 Å². The lowest BCUT2D eigenvalue weighted by Gasteiger charge is -2.36. The lowest BCUT2D eigenvalue weighted by molar-refractivity contribution is 0.104. The Hall–Kier alpha value is -2.74. The van der Waals surface area contributed by atoms with Gasteiger partial charge in [0.1, 0.15) is 5.75 Å². The van der Waals surface area contributed by atoms with Crippen LogP contribution in [-0.4, -0.2) is 42.7 Å². The molecule has 8 heteroatoms. The average molecular weight is 467 g/mol. The van der Waals surface area contributed by atoms with Gasteiger partial charge in [-0.05, 0) is 81.6 Å². The van der Waals surface area contributed by atoms with Crippen molar-refractivity contribution in [2.75, 3.05) is 6.61 Å². The largest absolute Gasteiger partial charge is 0.494 e. The molecule has 1 unspecified atom stereocenters. The number of ether oxygens (including phenoxy) is 1. The molecule has 1 atom stereocenters. The van der Waals surface area contributed by atoms with Gasteiger partial charge in [-0.15, -0.1) is 5.10 Å². The molecule has 1 aliphatic carbocycles. The van der Waals surface area contributed by atoms with Crippen molar-refractivity contribution in [1.82, 2.24) is 30.1 Å². The third kappa shape index (κ3) is 5.17. The maximum absolute atomic E-state index is 13.1. The molecule has 1 N–H and O–H groups in total. The fourth-order valence-electron chi connectivity index (χ4n) is 5.13. The fourth-order valence-corrected chi connectivity index (χ4v) is 5.13. The van der Waals surface area contributed by atoms with Crippen molar-refractivity contribution >= 4 is 10.9 Å². The summed E-state index contributed by atoms with van der Waals surface area (Å²) in [6.07, 6.45) is 6.66. The van der Waals surface area contributed by atoms with E-state index in [-0.39, 0.29) is 17.1 Å². The molecule has 0 bridgehead atoms. The zero-order valence-corrected chi connectivity index (χ0v) is 21.2. The van der Waals surface area contributed by atoms with Gasteiger partial charge in [0.25, 0.3) is 5.56 Å². The highest BCUT2D eigenvalue weighted by molar-refractivity contribution is 5.80. The Balaban J connectivity index is 1.75. The normalized spacial score (nSPS) is 15.9. The number of benzene rings is 1. The monoisotopic (exact) mass is 466 g/mol. The molecule has 1 aliphatic rings. The van der Waals surface area contributed by atoms with Crippen LogP contribution in [0.4, 0.5) is 0 Å². The van der Waals surface area contributed by atoms with E-state index in [2.05, 4.69) is 53.1 Å². The van der Waals surface area contributed by atoms with Crippen LogP contribution in [0.3, 0.4) is 0 Å². The second kappa shape index (κ2) is 10.3. The summed E-state index contributed by atoms with van der Waals surface area (Å²) in [6.45, 7) is 11.7. The molecule has 184 valence electrons. The van der Waals surface area contributed by atoms with Crippen molar-refractivity contribution in [1.29, 1.82) is 0 Å². The van der Waals surface area contributed by atoms with Gasteiger partial charge in [0.2, 0.25) is 0 Å². The summed E-state index contributed by atoms with van der Waals surface area (Å²) in [5.74, 6) is 1.70. The Morgan fingerprint density at radius 3 is 2.65 bits per heavy atom. The lowest BCUT2D eigenvalue weighted by atomic mass is 10.0. The second-order valence-corrected chi connectivity index (χ2v) is 10.3. The van der Waals surface area contributed by atoms with E-state index in [4.69, 9.17) is 4.74 Å². The van der Waals surface area contributed by atoms with Crippen LogP contribution in [0.25, 0.3) is 10.9 Å². The van der Waals surface area contributed by atoms with E-state index in [0.29, 0.717) is 19.2 Å². The minimum atomic E-state index is -0.220. The molecule has 2 aromatic heterocycles. The zero-order valence-electron chi connectivity index (χ0n) is 21.2. The number of nitrogens with zero attached hydrogens (tertiary/aromatic N) is 5. The quantitative estimate of drug-likeness (QED) is 0.480. The summed E-state index contributed by atoms with van der Waals surface area (Å²) in [7, 11) is 0. The van der Waals surface area contributed by atoms with Gasteiger partial charge >= 0.3 is 0 Å². The number of hydrogen-bond acceptors (Lipinski definition) is 6. The van der Waals surface area contributed by atoms with Gasteiger partial charge in [-0.25, -0.2) is 4.68 Å². The first-order valence-corrected chi connectivity index (χ1v) is 12.6. The highest BCUT2D eigenvalue weighted by Crippen LogP contribution is 2.35.